The largest absolute Gasteiger partial charge is 0.492 e. The Hall–Kier alpha value is -2.28. The normalized spacial score (nSPS) is 16.2. The van der Waals surface area contributed by atoms with Gasteiger partial charge in [-0.25, -0.2) is 0 Å². The van der Waals surface area contributed by atoms with Gasteiger partial charge in [0.1, 0.15) is 18.1 Å². The first kappa shape index (κ1) is 15.6. The van der Waals surface area contributed by atoms with Gasteiger partial charge in [0, 0.05) is 17.7 Å². The lowest BCUT2D eigenvalue weighted by Crippen LogP contribution is -2.47. The number of hydrogen-bond donors (Lipinski definition) is 2. The summed E-state index contributed by atoms with van der Waals surface area (Å²) in [5.74, 6) is -0.149. The van der Waals surface area contributed by atoms with E-state index in [1.54, 1.807) is 23.9 Å². The van der Waals surface area contributed by atoms with Crippen molar-refractivity contribution in [1.82, 2.24) is 15.4 Å². The monoisotopic (exact) mass is 377 g/mol. The van der Waals surface area contributed by atoms with Gasteiger partial charge >= 0.3 is 0 Å². The van der Waals surface area contributed by atoms with Crippen molar-refractivity contribution >= 4 is 27.7 Å². The molecule has 0 spiro atoms. The van der Waals surface area contributed by atoms with Crippen LogP contribution in [0.5, 0.6) is 5.75 Å². The van der Waals surface area contributed by atoms with E-state index in [1.165, 1.54) is 0 Å². The second kappa shape index (κ2) is 6.45. The Morgan fingerprint density at radius 1 is 1.30 bits per heavy atom. The highest BCUT2D eigenvalue weighted by Crippen LogP contribution is 2.26. The standard InChI is InChI=1S/C16H16BrN3O3/c1-20-8-12(17)7-13(20)16(22)19-18-15(21)11-6-10-4-2-3-5-14(10)23-9-11/h2-5,7-8,11H,6,9H2,1H3,(H,18,21)(H,19,22). The number of nitrogens with zero attached hydrogens (tertiary/aromatic N) is 1. The molecule has 0 aliphatic carbocycles. The number of aromatic nitrogens is 1. The van der Waals surface area contributed by atoms with Gasteiger partial charge in [-0.05, 0) is 40.0 Å². The molecule has 1 aliphatic heterocycles. The predicted molar refractivity (Wildman–Crippen MR) is 87.9 cm³/mol. The predicted octanol–water partition coefficient (Wildman–Crippen LogP) is 1.80. The molecule has 2 aromatic rings. The summed E-state index contributed by atoms with van der Waals surface area (Å²) in [5.41, 5.74) is 6.35. The van der Waals surface area contributed by atoms with E-state index >= 15 is 0 Å². The highest BCUT2D eigenvalue weighted by atomic mass is 79.9. The van der Waals surface area contributed by atoms with Crippen LogP contribution in [0.2, 0.25) is 0 Å². The van der Waals surface area contributed by atoms with Gasteiger partial charge < -0.3 is 9.30 Å². The molecule has 2 N–H and O–H groups in total. The fourth-order valence-electron chi connectivity index (χ4n) is 2.53. The van der Waals surface area contributed by atoms with E-state index in [9.17, 15) is 9.59 Å². The molecule has 0 fully saturated rings. The highest BCUT2D eigenvalue weighted by Gasteiger charge is 2.26. The summed E-state index contributed by atoms with van der Waals surface area (Å²) in [5, 5.41) is 0. The van der Waals surface area contributed by atoms with Crippen LogP contribution < -0.4 is 15.6 Å². The molecule has 1 unspecified atom stereocenters. The van der Waals surface area contributed by atoms with Gasteiger partial charge in [-0.3, -0.25) is 20.4 Å². The summed E-state index contributed by atoms with van der Waals surface area (Å²) < 4.78 is 8.06. The van der Waals surface area contributed by atoms with Crippen LogP contribution in [0.1, 0.15) is 16.1 Å². The van der Waals surface area contributed by atoms with Crippen molar-refractivity contribution in [3.63, 3.8) is 0 Å². The lowest BCUT2D eigenvalue weighted by Gasteiger charge is -2.24. The second-order valence-electron chi connectivity index (χ2n) is 5.42. The molecule has 0 bridgehead atoms. The first-order valence-electron chi connectivity index (χ1n) is 7.17. The number of hydrogen-bond acceptors (Lipinski definition) is 3. The third kappa shape index (κ3) is 3.39. The molecule has 0 saturated heterocycles. The Bertz CT molecular complexity index is 757. The quantitative estimate of drug-likeness (QED) is 0.783. The Morgan fingerprint density at radius 3 is 2.83 bits per heavy atom. The van der Waals surface area contributed by atoms with E-state index in [4.69, 9.17) is 4.74 Å². The molecule has 3 rings (SSSR count). The summed E-state index contributed by atoms with van der Waals surface area (Å²) in [6.07, 6.45) is 2.36. The minimum Gasteiger partial charge on any atom is -0.492 e. The number of carbonyl (C=O) groups excluding carboxylic acids is 2. The van der Waals surface area contributed by atoms with Gasteiger partial charge in [0.2, 0.25) is 5.91 Å². The van der Waals surface area contributed by atoms with Crippen molar-refractivity contribution in [3.05, 3.63) is 52.3 Å². The smallest absolute Gasteiger partial charge is 0.286 e. The van der Waals surface area contributed by atoms with Gasteiger partial charge in [0.05, 0.1) is 5.92 Å². The van der Waals surface area contributed by atoms with Crippen LogP contribution >= 0.6 is 15.9 Å². The van der Waals surface area contributed by atoms with E-state index in [0.717, 1.165) is 15.8 Å². The Morgan fingerprint density at radius 2 is 2.09 bits per heavy atom. The van der Waals surface area contributed by atoms with Gasteiger partial charge in [-0.1, -0.05) is 18.2 Å². The zero-order valence-corrected chi connectivity index (χ0v) is 14.1. The lowest BCUT2D eigenvalue weighted by molar-refractivity contribution is -0.127. The lowest BCUT2D eigenvalue weighted by atomic mass is 9.96. The molecule has 23 heavy (non-hydrogen) atoms. The van der Waals surface area contributed by atoms with E-state index in [1.807, 2.05) is 24.3 Å². The molecule has 7 heteroatoms. The molecule has 120 valence electrons. The molecule has 1 aliphatic rings. The fraction of sp³-hybridized carbons (Fsp3) is 0.250. The number of halogens is 1. The molecule has 1 atom stereocenters. The number of rotatable bonds is 2. The molecule has 0 radical (unpaired) electrons. The second-order valence-corrected chi connectivity index (χ2v) is 6.33. The van der Waals surface area contributed by atoms with E-state index in [0.29, 0.717) is 18.7 Å². The average Bonchev–Trinajstić information content (AvgIpc) is 2.90. The van der Waals surface area contributed by atoms with Gasteiger partial charge in [-0.15, -0.1) is 0 Å². The third-order valence-electron chi connectivity index (χ3n) is 3.75. The minimum absolute atomic E-state index is 0.263. The molecule has 1 aromatic heterocycles. The van der Waals surface area contributed by atoms with Crippen LogP contribution in [0.3, 0.4) is 0 Å². The first-order chi connectivity index (χ1) is 11.0. The van der Waals surface area contributed by atoms with Crippen molar-refractivity contribution in [2.45, 2.75) is 6.42 Å². The highest BCUT2D eigenvalue weighted by molar-refractivity contribution is 9.10. The molecule has 2 heterocycles. The molecule has 1 aromatic carbocycles. The van der Waals surface area contributed by atoms with Crippen molar-refractivity contribution in [3.8, 4) is 5.75 Å². The van der Waals surface area contributed by atoms with Gasteiger partial charge in [0.25, 0.3) is 5.91 Å². The number of benzene rings is 1. The molecule has 2 amide bonds. The molecule has 0 saturated carbocycles. The Labute approximate surface area is 141 Å². The Balaban J connectivity index is 1.58. The zero-order valence-electron chi connectivity index (χ0n) is 12.5. The number of carbonyl (C=O) groups is 2. The number of aryl methyl sites for hydroxylation is 1. The number of amides is 2. The number of para-hydroxylation sites is 1. The van der Waals surface area contributed by atoms with E-state index in [-0.39, 0.29) is 17.7 Å². The van der Waals surface area contributed by atoms with Crippen LogP contribution in [-0.2, 0) is 18.3 Å². The number of nitrogens with one attached hydrogen (secondary N) is 2. The maximum absolute atomic E-state index is 12.2. The number of ether oxygens (including phenoxy) is 1. The topological polar surface area (TPSA) is 72.4 Å². The van der Waals surface area contributed by atoms with Crippen LogP contribution in [0, 0.1) is 5.92 Å². The van der Waals surface area contributed by atoms with Gasteiger partial charge in [0.15, 0.2) is 0 Å². The fourth-order valence-corrected chi connectivity index (χ4v) is 3.05. The first-order valence-corrected chi connectivity index (χ1v) is 7.96. The molecular formula is C16H16BrN3O3. The average molecular weight is 378 g/mol. The van der Waals surface area contributed by atoms with Crippen molar-refractivity contribution < 1.29 is 14.3 Å². The number of fused-ring (bicyclic) bond motifs is 1. The van der Waals surface area contributed by atoms with Crippen LogP contribution in [0.25, 0.3) is 0 Å². The van der Waals surface area contributed by atoms with Crippen molar-refractivity contribution in [1.29, 1.82) is 0 Å². The summed E-state index contributed by atoms with van der Waals surface area (Å²) in [6, 6.07) is 9.32. The van der Waals surface area contributed by atoms with Crippen LogP contribution in [0.15, 0.2) is 41.0 Å². The molecule has 6 nitrogen and oxygen atoms in total. The Kier molecular flexibility index (Phi) is 4.38. The van der Waals surface area contributed by atoms with E-state index < -0.39 is 0 Å². The zero-order chi connectivity index (χ0) is 16.4. The maximum Gasteiger partial charge on any atom is 0.286 e. The van der Waals surface area contributed by atoms with Gasteiger partial charge in [-0.2, -0.15) is 0 Å². The summed E-state index contributed by atoms with van der Waals surface area (Å²) in [4.78, 5) is 24.3. The number of hydrazine groups is 1. The van der Waals surface area contributed by atoms with Crippen LogP contribution in [-0.4, -0.2) is 23.0 Å². The van der Waals surface area contributed by atoms with Crippen molar-refractivity contribution in [2.24, 2.45) is 13.0 Å². The summed E-state index contributed by atoms with van der Waals surface area (Å²) >= 11 is 3.30. The van der Waals surface area contributed by atoms with E-state index in [2.05, 4.69) is 26.8 Å². The minimum atomic E-state index is -0.372. The maximum atomic E-state index is 12.2. The SMILES string of the molecule is Cn1cc(Br)cc1C(=O)NNC(=O)C1COc2ccccc2C1. The summed E-state index contributed by atoms with van der Waals surface area (Å²) in [6.45, 7) is 0.300. The van der Waals surface area contributed by atoms with Crippen molar-refractivity contribution in [2.75, 3.05) is 6.61 Å². The third-order valence-corrected chi connectivity index (χ3v) is 4.19. The molecular weight excluding hydrogens is 362 g/mol. The van der Waals surface area contributed by atoms with Crippen LogP contribution in [0.4, 0.5) is 0 Å². The summed E-state index contributed by atoms with van der Waals surface area (Å²) in [7, 11) is 1.76.